The summed E-state index contributed by atoms with van der Waals surface area (Å²) in [6, 6.07) is 3.61. The van der Waals surface area contributed by atoms with E-state index in [1.165, 1.54) is 16.9 Å². The molecule has 0 aliphatic carbocycles. The zero-order valence-electron chi connectivity index (χ0n) is 9.29. The van der Waals surface area contributed by atoms with E-state index in [1.54, 1.807) is 0 Å². The minimum absolute atomic E-state index is 0.303. The molecular weight excluding hydrogens is 402 g/mol. The smallest absolute Gasteiger partial charge is 0.465 e. The molecule has 0 unspecified atom stereocenters. The van der Waals surface area contributed by atoms with Crippen LogP contribution in [0.2, 0.25) is 0 Å². The molecule has 0 aromatic heterocycles. The Kier molecular flexibility index (Phi) is 4.66. The first-order chi connectivity index (χ1) is 8.58. The van der Waals surface area contributed by atoms with Gasteiger partial charge in [0.05, 0.1) is 18.4 Å². The van der Waals surface area contributed by atoms with E-state index in [0.717, 1.165) is 13.2 Å². The number of methoxy groups -OCH3 is 1. The van der Waals surface area contributed by atoms with Crippen LogP contribution in [-0.4, -0.2) is 27.0 Å². The molecule has 0 heterocycles. The molecule has 0 amide bonds. The zero-order valence-corrected chi connectivity index (χ0v) is 12.3. The first-order valence-corrected chi connectivity index (χ1v) is 7.11. The molecule has 1 aromatic carbocycles. The van der Waals surface area contributed by atoms with Crippen molar-refractivity contribution in [3.05, 3.63) is 27.3 Å². The van der Waals surface area contributed by atoms with Crippen molar-refractivity contribution < 1.29 is 31.1 Å². The zero-order chi connectivity index (χ0) is 14.8. The molecule has 5 nitrogen and oxygen atoms in total. The number of rotatable bonds is 3. The van der Waals surface area contributed by atoms with Gasteiger partial charge in [0.2, 0.25) is 0 Å². The SMILES string of the molecule is COC(=O)c1cc(I)ccc1NS(=O)(=O)C(F)(F)F. The molecule has 1 N–H and O–H groups in total. The van der Waals surface area contributed by atoms with Crippen LogP contribution in [0.1, 0.15) is 10.4 Å². The second-order valence-corrected chi connectivity index (χ2v) is 6.15. The Balaban J connectivity index is 3.26. The van der Waals surface area contributed by atoms with Crippen LogP contribution in [0, 0.1) is 3.57 Å². The number of anilines is 1. The van der Waals surface area contributed by atoms with E-state index in [0.29, 0.717) is 3.57 Å². The van der Waals surface area contributed by atoms with Gasteiger partial charge in [-0.15, -0.1) is 0 Å². The minimum Gasteiger partial charge on any atom is -0.465 e. The summed E-state index contributed by atoms with van der Waals surface area (Å²) in [5, 5.41) is 0. The van der Waals surface area contributed by atoms with Gasteiger partial charge in [0.25, 0.3) is 0 Å². The normalized spacial score (nSPS) is 12.1. The molecule has 0 fully saturated rings. The number of sulfonamides is 1. The predicted molar refractivity (Wildman–Crippen MR) is 69.1 cm³/mol. The van der Waals surface area contributed by atoms with Crippen molar-refractivity contribution in [3.63, 3.8) is 0 Å². The third-order valence-corrected chi connectivity index (χ3v) is 3.71. The number of hydrogen-bond acceptors (Lipinski definition) is 4. The van der Waals surface area contributed by atoms with E-state index in [2.05, 4.69) is 4.74 Å². The molecule has 0 aliphatic heterocycles. The molecule has 1 rings (SSSR count). The maximum Gasteiger partial charge on any atom is 0.516 e. The largest absolute Gasteiger partial charge is 0.516 e. The number of carbonyl (C=O) groups excluding carboxylic acids is 1. The molecule has 10 heteroatoms. The molecule has 0 spiro atoms. The number of halogens is 4. The molecule has 0 bridgehead atoms. The summed E-state index contributed by atoms with van der Waals surface area (Å²) in [6.45, 7) is 0. The van der Waals surface area contributed by atoms with Gasteiger partial charge >= 0.3 is 21.5 Å². The van der Waals surface area contributed by atoms with Crippen LogP contribution in [0.15, 0.2) is 18.2 Å². The Morgan fingerprint density at radius 1 is 1.37 bits per heavy atom. The lowest BCUT2D eigenvalue weighted by atomic mass is 10.2. The van der Waals surface area contributed by atoms with Gasteiger partial charge in [-0.2, -0.15) is 21.6 Å². The maximum absolute atomic E-state index is 12.2. The third-order valence-electron chi connectivity index (χ3n) is 1.94. The first-order valence-electron chi connectivity index (χ1n) is 4.55. The summed E-state index contributed by atoms with van der Waals surface area (Å²) in [5.41, 5.74) is -6.27. The lowest BCUT2D eigenvalue weighted by Crippen LogP contribution is -2.30. The molecule has 0 saturated carbocycles. The standard InChI is InChI=1S/C9H7F3INO4S/c1-18-8(15)6-4-5(13)2-3-7(6)14-19(16,17)9(10,11)12/h2-4,14H,1H3. The van der Waals surface area contributed by atoms with Gasteiger partial charge in [-0.1, -0.05) is 0 Å². The van der Waals surface area contributed by atoms with Gasteiger partial charge in [0.1, 0.15) is 0 Å². The number of esters is 1. The van der Waals surface area contributed by atoms with E-state index in [9.17, 15) is 26.4 Å². The Hall–Kier alpha value is -1.04. The van der Waals surface area contributed by atoms with Crippen LogP contribution in [-0.2, 0) is 14.8 Å². The van der Waals surface area contributed by atoms with Crippen LogP contribution in [0.4, 0.5) is 18.9 Å². The van der Waals surface area contributed by atoms with Gasteiger partial charge in [-0.25, -0.2) is 4.79 Å². The number of carbonyl (C=O) groups is 1. The number of alkyl halides is 3. The Labute approximate surface area is 120 Å². The highest BCUT2D eigenvalue weighted by Crippen LogP contribution is 2.28. The summed E-state index contributed by atoms with van der Waals surface area (Å²) in [4.78, 5) is 11.4. The number of ether oxygens (including phenoxy) is 1. The van der Waals surface area contributed by atoms with Gasteiger partial charge in [-0.3, -0.25) is 4.72 Å². The number of benzene rings is 1. The molecule has 0 saturated heterocycles. The molecule has 19 heavy (non-hydrogen) atoms. The van der Waals surface area contributed by atoms with Gasteiger partial charge in [-0.05, 0) is 40.8 Å². The molecule has 0 radical (unpaired) electrons. The van der Waals surface area contributed by atoms with Gasteiger partial charge < -0.3 is 4.74 Å². The summed E-state index contributed by atoms with van der Waals surface area (Å²) in [6.07, 6.45) is 0. The second-order valence-electron chi connectivity index (χ2n) is 3.23. The predicted octanol–water partition coefficient (Wildman–Crippen LogP) is 2.34. The average Bonchev–Trinajstić information content (AvgIpc) is 2.28. The van der Waals surface area contributed by atoms with E-state index >= 15 is 0 Å². The molecule has 0 atom stereocenters. The van der Waals surface area contributed by atoms with E-state index < -0.39 is 27.2 Å². The highest BCUT2D eigenvalue weighted by Gasteiger charge is 2.46. The van der Waals surface area contributed by atoms with E-state index in [1.807, 2.05) is 22.6 Å². The third kappa shape index (κ3) is 3.72. The fourth-order valence-electron chi connectivity index (χ4n) is 1.09. The summed E-state index contributed by atoms with van der Waals surface area (Å²) in [5.74, 6) is -0.946. The Morgan fingerprint density at radius 2 is 1.95 bits per heavy atom. The van der Waals surface area contributed by atoms with Crippen molar-refractivity contribution in [2.75, 3.05) is 11.8 Å². The lowest BCUT2D eigenvalue weighted by Gasteiger charge is -2.13. The minimum atomic E-state index is -5.59. The quantitative estimate of drug-likeness (QED) is 0.615. The van der Waals surface area contributed by atoms with Crippen molar-refractivity contribution in [2.45, 2.75) is 5.51 Å². The van der Waals surface area contributed by atoms with Crippen LogP contribution >= 0.6 is 22.6 Å². The number of hydrogen-bond donors (Lipinski definition) is 1. The van der Waals surface area contributed by atoms with E-state index in [4.69, 9.17) is 0 Å². The highest BCUT2D eigenvalue weighted by atomic mass is 127. The maximum atomic E-state index is 12.2. The number of nitrogens with one attached hydrogen (secondary N) is 1. The fraction of sp³-hybridized carbons (Fsp3) is 0.222. The van der Waals surface area contributed by atoms with Crippen molar-refractivity contribution >= 4 is 44.3 Å². The van der Waals surface area contributed by atoms with Crippen LogP contribution in [0.5, 0.6) is 0 Å². The van der Waals surface area contributed by atoms with Gasteiger partial charge in [0, 0.05) is 3.57 Å². The second kappa shape index (κ2) is 5.53. The Bertz CT molecular complexity index is 600. The monoisotopic (exact) mass is 409 g/mol. The summed E-state index contributed by atoms with van der Waals surface area (Å²) in [7, 11) is -4.56. The van der Waals surface area contributed by atoms with Crippen molar-refractivity contribution in [1.82, 2.24) is 0 Å². The molecule has 0 aliphatic rings. The van der Waals surface area contributed by atoms with Crippen LogP contribution in [0.25, 0.3) is 0 Å². The highest BCUT2D eigenvalue weighted by molar-refractivity contribution is 14.1. The fourth-order valence-corrected chi connectivity index (χ4v) is 2.16. The van der Waals surface area contributed by atoms with E-state index in [-0.39, 0.29) is 5.56 Å². The average molecular weight is 409 g/mol. The topological polar surface area (TPSA) is 72.5 Å². The van der Waals surface area contributed by atoms with Crippen molar-refractivity contribution in [2.24, 2.45) is 0 Å². The Morgan fingerprint density at radius 3 is 2.42 bits per heavy atom. The molecule has 106 valence electrons. The van der Waals surface area contributed by atoms with Gasteiger partial charge in [0.15, 0.2) is 0 Å². The molecular formula is C9H7F3INO4S. The van der Waals surface area contributed by atoms with Crippen molar-refractivity contribution in [1.29, 1.82) is 0 Å². The first kappa shape index (κ1) is 16.0. The van der Waals surface area contributed by atoms with Crippen LogP contribution in [0.3, 0.4) is 0 Å². The summed E-state index contributed by atoms with van der Waals surface area (Å²) >= 11 is 1.82. The van der Waals surface area contributed by atoms with Crippen molar-refractivity contribution in [3.8, 4) is 0 Å². The molecule has 1 aromatic rings. The summed E-state index contributed by atoms with van der Waals surface area (Å²) < 4.78 is 64.9. The van der Waals surface area contributed by atoms with Crippen LogP contribution < -0.4 is 4.72 Å². The lowest BCUT2D eigenvalue weighted by molar-refractivity contribution is -0.0429.